The van der Waals surface area contributed by atoms with Gasteiger partial charge in [0.1, 0.15) is 11.3 Å². The summed E-state index contributed by atoms with van der Waals surface area (Å²) in [4.78, 5) is 35.3. The molecule has 0 aliphatic carbocycles. The van der Waals surface area contributed by atoms with Crippen molar-refractivity contribution in [1.29, 1.82) is 0 Å². The van der Waals surface area contributed by atoms with Crippen LogP contribution in [0.3, 0.4) is 0 Å². The molecule has 182 valence electrons. The van der Waals surface area contributed by atoms with Gasteiger partial charge in [0.25, 0.3) is 5.91 Å². The number of halogens is 4. The van der Waals surface area contributed by atoms with Gasteiger partial charge in [-0.1, -0.05) is 35.6 Å². The molecular formula is C22H17ClF3N5O4. The number of aliphatic hydroxyl groups is 1. The SMILES string of the molecule is CN1CC[C@@](O)(C#Cc2cccc(-c3ncc4c(Cl)cnc(N)c4n3)c2)C1=O.O=C(O)C(F)(F)F. The van der Waals surface area contributed by atoms with Crippen LogP contribution in [0.4, 0.5) is 19.0 Å². The number of likely N-dealkylation sites (N-methyl/N-ethyl adjacent to an activating group) is 1. The summed E-state index contributed by atoms with van der Waals surface area (Å²) in [6.45, 7) is 0.479. The van der Waals surface area contributed by atoms with Gasteiger partial charge in [-0.15, -0.1) is 0 Å². The second kappa shape index (κ2) is 9.73. The number of alkyl halides is 3. The molecule has 0 spiro atoms. The molecule has 4 N–H and O–H groups in total. The molecule has 0 unspecified atom stereocenters. The predicted octanol–water partition coefficient (Wildman–Crippen LogP) is 2.51. The average molecular weight is 508 g/mol. The number of carboxylic acid groups (broad SMARTS) is 1. The lowest BCUT2D eigenvalue weighted by Crippen LogP contribution is -2.37. The van der Waals surface area contributed by atoms with Crippen LogP contribution in [0, 0.1) is 11.8 Å². The lowest BCUT2D eigenvalue weighted by molar-refractivity contribution is -0.192. The number of nitrogen functional groups attached to an aromatic ring is 1. The first-order valence-electron chi connectivity index (χ1n) is 9.80. The first kappa shape index (κ1) is 25.7. The summed E-state index contributed by atoms with van der Waals surface area (Å²) >= 11 is 6.12. The highest BCUT2D eigenvalue weighted by atomic mass is 35.5. The Morgan fingerprint density at radius 1 is 1.29 bits per heavy atom. The number of carbonyl (C=O) groups excluding carboxylic acids is 1. The number of carboxylic acids is 1. The monoisotopic (exact) mass is 507 g/mol. The lowest BCUT2D eigenvalue weighted by Gasteiger charge is -2.13. The molecule has 1 atom stereocenters. The number of benzene rings is 1. The summed E-state index contributed by atoms with van der Waals surface area (Å²) in [6.07, 6.45) is -1.73. The molecule has 35 heavy (non-hydrogen) atoms. The first-order chi connectivity index (χ1) is 16.3. The zero-order valence-corrected chi connectivity index (χ0v) is 18.7. The molecule has 1 amide bonds. The van der Waals surface area contributed by atoms with Crippen molar-refractivity contribution >= 4 is 40.2 Å². The fourth-order valence-electron chi connectivity index (χ4n) is 3.03. The van der Waals surface area contributed by atoms with Crippen LogP contribution in [0.1, 0.15) is 12.0 Å². The quantitative estimate of drug-likeness (QED) is 0.426. The van der Waals surface area contributed by atoms with Gasteiger partial charge in [0.15, 0.2) is 5.82 Å². The van der Waals surface area contributed by atoms with Gasteiger partial charge in [-0.2, -0.15) is 13.2 Å². The zero-order chi connectivity index (χ0) is 26.0. The van der Waals surface area contributed by atoms with Gasteiger partial charge in [-0.25, -0.2) is 19.7 Å². The van der Waals surface area contributed by atoms with E-state index in [2.05, 4.69) is 26.8 Å². The van der Waals surface area contributed by atoms with Crippen molar-refractivity contribution in [2.45, 2.75) is 18.2 Å². The van der Waals surface area contributed by atoms with Crippen molar-refractivity contribution < 1.29 is 33.0 Å². The molecule has 0 radical (unpaired) electrons. The maximum Gasteiger partial charge on any atom is 0.490 e. The molecule has 1 fully saturated rings. The molecule has 13 heteroatoms. The van der Waals surface area contributed by atoms with Crippen LogP contribution in [-0.4, -0.2) is 67.3 Å². The third-order valence-corrected chi connectivity index (χ3v) is 5.19. The topological polar surface area (TPSA) is 143 Å². The van der Waals surface area contributed by atoms with E-state index < -0.39 is 17.7 Å². The number of fused-ring (bicyclic) bond motifs is 1. The molecule has 1 saturated heterocycles. The largest absolute Gasteiger partial charge is 0.490 e. The fraction of sp³-hybridized carbons (Fsp3) is 0.227. The van der Waals surface area contributed by atoms with E-state index in [0.717, 1.165) is 5.56 Å². The highest BCUT2D eigenvalue weighted by molar-refractivity contribution is 6.35. The number of carbonyl (C=O) groups is 2. The van der Waals surface area contributed by atoms with Gasteiger partial charge in [0.05, 0.1) is 5.02 Å². The second-order valence-electron chi connectivity index (χ2n) is 7.42. The molecule has 1 aliphatic rings. The van der Waals surface area contributed by atoms with Crippen molar-refractivity contribution in [1.82, 2.24) is 19.9 Å². The number of aliphatic carboxylic acids is 1. The number of nitrogens with two attached hydrogens (primary N) is 1. The van der Waals surface area contributed by atoms with Gasteiger partial charge < -0.3 is 20.8 Å². The number of rotatable bonds is 1. The zero-order valence-electron chi connectivity index (χ0n) is 18.0. The van der Waals surface area contributed by atoms with Crippen LogP contribution >= 0.6 is 11.6 Å². The minimum absolute atomic E-state index is 0.269. The highest BCUT2D eigenvalue weighted by Gasteiger charge is 2.42. The summed E-state index contributed by atoms with van der Waals surface area (Å²) in [5.74, 6) is 3.17. The third-order valence-electron chi connectivity index (χ3n) is 4.89. The van der Waals surface area contributed by atoms with Gasteiger partial charge in [-0.05, 0) is 12.1 Å². The van der Waals surface area contributed by atoms with E-state index in [4.69, 9.17) is 27.2 Å². The number of anilines is 1. The molecule has 0 bridgehead atoms. The summed E-state index contributed by atoms with van der Waals surface area (Å²) in [5.41, 5.74) is 6.10. The number of pyridine rings is 1. The van der Waals surface area contributed by atoms with Crippen molar-refractivity contribution in [3.63, 3.8) is 0 Å². The number of aromatic nitrogens is 3. The van der Waals surface area contributed by atoms with E-state index in [1.54, 1.807) is 31.4 Å². The number of nitrogens with zero attached hydrogens (tertiary/aromatic N) is 4. The molecule has 1 aromatic carbocycles. The average Bonchev–Trinajstić information content (AvgIpc) is 3.08. The van der Waals surface area contributed by atoms with Crippen LogP contribution in [0.25, 0.3) is 22.3 Å². The standard InChI is InChI=1S/C20H16ClN5O2.C2HF3O2/c1-26-8-7-20(28,19(26)27)6-5-12-3-2-4-13(9-12)18-24-10-14-15(21)11-23-17(22)16(14)25-18;3-2(4,5)1(6)7/h2-4,9-11,28H,7-8H2,1H3,(H2,22,23);(H,6,7)/t20-;/m0./s1. The van der Waals surface area contributed by atoms with Crippen LogP contribution in [0.2, 0.25) is 5.02 Å². The normalized spacial score (nSPS) is 17.4. The molecule has 4 rings (SSSR count). The highest BCUT2D eigenvalue weighted by Crippen LogP contribution is 2.27. The summed E-state index contributed by atoms with van der Waals surface area (Å²) in [5, 5.41) is 18.6. The molecule has 0 saturated carbocycles. The number of likely N-dealkylation sites (tertiary alicyclic amines) is 1. The molecular weight excluding hydrogens is 491 g/mol. The van der Waals surface area contributed by atoms with E-state index in [1.807, 2.05) is 6.07 Å². The Morgan fingerprint density at radius 3 is 2.57 bits per heavy atom. The summed E-state index contributed by atoms with van der Waals surface area (Å²) in [6, 6.07) is 7.22. The second-order valence-corrected chi connectivity index (χ2v) is 7.83. The van der Waals surface area contributed by atoms with Gasteiger partial charge in [0, 0.05) is 48.9 Å². The maximum absolute atomic E-state index is 12.0. The van der Waals surface area contributed by atoms with Gasteiger partial charge in [-0.3, -0.25) is 4.79 Å². The predicted molar refractivity (Wildman–Crippen MR) is 120 cm³/mol. The molecule has 2 aromatic heterocycles. The Balaban J connectivity index is 0.000000429. The van der Waals surface area contributed by atoms with E-state index in [0.29, 0.717) is 33.9 Å². The van der Waals surface area contributed by atoms with Crippen LogP contribution in [-0.2, 0) is 9.59 Å². The van der Waals surface area contributed by atoms with Gasteiger partial charge >= 0.3 is 12.1 Å². The van der Waals surface area contributed by atoms with Crippen LogP contribution in [0.15, 0.2) is 36.7 Å². The number of hydrogen-bond acceptors (Lipinski definition) is 7. The van der Waals surface area contributed by atoms with Crippen molar-refractivity contribution in [2.75, 3.05) is 19.3 Å². The van der Waals surface area contributed by atoms with E-state index in [9.17, 15) is 23.1 Å². The Morgan fingerprint density at radius 2 is 1.97 bits per heavy atom. The summed E-state index contributed by atoms with van der Waals surface area (Å²) in [7, 11) is 1.65. The molecule has 3 aromatic rings. The fourth-order valence-corrected chi connectivity index (χ4v) is 3.22. The van der Waals surface area contributed by atoms with Crippen molar-refractivity contribution in [3.05, 3.63) is 47.2 Å². The third kappa shape index (κ3) is 5.76. The van der Waals surface area contributed by atoms with Crippen LogP contribution in [0.5, 0.6) is 0 Å². The van der Waals surface area contributed by atoms with Crippen LogP contribution < -0.4 is 5.73 Å². The van der Waals surface area contributed by atoms with Gasteiger partial charge in [0.2, 0.25) is 5.60 Å². The minimum Gasteiger partial charge on any atom is -0.475 e. The van der Waals surface area contributed by atoms with E-state index >= 15 is 0 Å². The molecule has 1 aliphatic heterocycles. The Labute approximate surface area is 201 Å². The first-order valence-corrected chi connectivity index (χ1v) is 10.2. The smallest absolute Gasteiger partial charge is 0.475 e. The minimum atomic E-state index is -5.08. The Bertz CT molecular complexity index is 1370. The Hall–Kier alpha value is -3.95. The van der Waals surface area contributed by atoms with Crippen molar-refractivity contribution in [3.8, 4) is 23.2 Å². The van der Waals surface area contributed by atoms with E-state index in [-0.39, 0.29) is 18.1 Å². The number of amides is 1. The maximum atomic E-state index is 12.0. The summed E-state index contributed by atoms with van der Waals surface area (Å²) < 4.78 is 31.7. The lowest BCUT2D eigenvalue weighted by atomic mass is 10.0. The van der Waals surface area contributed by atoms with Crippen molar-refractivity contribution in [2.24, 2.45) is 0 Å². The number of hydrogen-bond donors (Lipinski definition) is 3. The molecule has 9 nitrogen and oxygen atoms in total. The van der Waals surface area contributed by atoms with E-state index in [1.165, 1.54) is 11.1 Å². The Kier molecular flexibility index (Phi) is 7.14. The molecule has 3 heterocycles.